The van der Waals surface area contributed by atoms with Crippen LogP contribution in [-0.2, 0) is 0 Å². The van der Waals surface area contributed by atoms with Gasteiger partial charge in [0.15, 0.2) is 5.82 Å². The number of nitrogens with one attached hydrogen (secondary N) is 1. The minimum Gasteiger partial charge on any atom is -0.348 e. The van der Waals surface area contributed by atoms with Crippen LogP contribution in [0.3, 0.4) is 0 Å². The minimum atomic E-state index is -0.144. The molecule has 2 heterocycles. The first-order chi connectivity index (χ1) is 10.2. The van der Waals surface area contributed by atoms with Crippen molar-refractivity contribution in [3.63, 3.8) is 0 Å². The SMILES string of the molecule is Cc1cncn1-c1cncc(C(=O)NC2CCCCC2)n1. The second-order valence-electron chi connectivity index (χ2n) is 5.48. The number of nitrogens with zero attached hydrogens (tertiary/aromatic N) is 4. The summed E-state index contributed by atoms with van der Waals surface area (Å²) in [6, 6.07) is 0.270. The fourth-order valence-corrected chi connectivity index (χ4v) is 2.69. The number of imidazole rings is 1. The second-order valence-corrected chi connectivity index (χ2v) is 5.48. The Morgan fingerprint density at radius 2 is 2.00 bits per heavy atom. The molecule has 21 heavy (non-hydrogen) atoms. The van der Waals surface area contributed by atoms with Crippen molar-refractivity contribution in [3.8, 4) is 5.82 Å². The van der Waals surface area contributed by atoms with Crippen molar-refractivity contribution in [3.05, 3.63) is 36.3 Å². The molecule has 0 unspecified atom stereocenters. The molecule has 0 bridgehead atoms. The molecule has 1 aliphatic carbocycles. The molecule has 1 saturated carbocycles. The lowest BCUT2D eigenvalue weighted by molar-refractivity contribution is 0.0922. The summed E-state index contributed by atoms with van der Waals surface area (Å²) in [6.45, 7) is 1.93. The average Bonchev–Trinajstić information content (AvgIpc) is 2.94. The largest absolute Gasteiger partial charge is 0.348 e. The second kappa shape index (κ2) is 6.03. The Morgan fingerprint density at radius 1 is 1.19 bits per heavy atom. The minimum absolute atomic E-state index is 0.144. The smallest absolute Gasteiger partial charge is 0.271 e. The third-order valence-corrected chi connectivity index (χ3v) is 3.87. The Bertz CT molecular complexity index is 630. The van der Waals surface area contributed by atoms with Crippen LogP contribution >= 0.6 is 0 Å². The van der Waals surface area contributed by atoms with Crippen LogP contribution < -0.4 is 5.32 Å². The van der Waals surface area contributed by atoms with E-state index < -0.39 is 0 Å². The summed E-state index contributed by atoms with van der Waals surface area (Å²) in [4.78, 5) is 24.9. The predicted octanol–water partition coefficient (Wildman–Crippen LogP) is 2.03. The van der Waals surface area contributed by atoms with Crippen molar-refractivity contribution in [1.82, 2.24) is 24.8 Å². The molecule has 3 rings (SSSR count). The van der Waals surface area contributed by atoms with Crippen LogP contribution in [0.4, 0.5) is 0 Å². The Labute approximate surface area is 123 Å². The van der Waals surface area contributed by atoms with E-state index >= 15 is 0 Å². The van der Waals surface area contributed by atoms with Crippen molar-refractivity contribution in [2.24, 2.45) is 0 Å². The van der Waals surface area contributed by atoms with E-state index in [1.54, 1.807) is 18.7 Å². The molecule has 0 spiro atoms. The molecule has 110 valence electrons. The molecule has 2 aromatic rings. The molecule has 1 fully saturated rings. The summed E-state index contributed by atoms with van der Waals surface area (Å²) < 4.78 is 1.81. The van der Waals surface area contributed by atoms with E-state index in [1.807, 2.05) is 11.5 Å². The maximum Gasteiger partial charge on any atom is 0.271 e. The Balaban J connectivity index is 1.76. The van der Waals surface area contributed by atoms with Gasteiger partial charge in [0.1, 0.15) is 12.0 Å². The molecule has 0 radical (unpaired) electrons. The molecule has 1 aliphatic rings. The third-order valence-electron chi connectivity index (χ3n) is 3.87. The van der Waals surface area contributed by atoms with E-state index in [1.165, 1.54) is 25.5 Å². The third kappa shape index (κ3) is 3.09. The lowest BCUT2D eigenvalue weighted by atomic mass is 9.95. The molecule has 0 saturated heterocycles. The number of carbonyl (C=O) groups excluding carboxylic acids is 1. The fourth-order valence-electron chi connectivity index (χ4n) is 2.69. The van der Waals surface area contributed by atoms with Crippen molar-refractivity contribution in [2.45, 2.75) is 45.1 Å². The van der Waals surface area contributed by atoms with Crippen LogP contribution in [0.15, 0.2) is 24.9 Å². The van der Waals surface area contributed by atoms with Crippen LogP contribution in [0.2, 0.25) is 0 Å². The highest BCUT2D eigenvalue weighted by Gasteiger charge is 2.18. The zero-order valence-electron chi connectivity index (χ0n) is 12.1. The number of hydrogen-bond donors (Lipinski definition) is 1. The zero-order valence-corrected chi connectivity index (χ0v) is 12.1. The summed E-state index contributed by atoms with van der Waals surface area (Å²) in [7, 11) is 0. The van der Waals surface area contributed by atoms with E-state index in [2.05, 4.69) is 20.3 Å². The summed E-state index contributed by atoms with van der Waals surface area (Å²) in [5.74, 6) is 0.468. The fraction of sp³-hybridized carbons (Fsp3) is 0.467. The molecule has 0 atom stereocenters. The molecule has 6 heteroatoms. The van der Waals surface area contributed by atoms with Crippen molar-refractivity contribution >= 4 is 5.91 Å². The van der Waals surface area contributed by atoms with E-state index in [-0.39, 0.29) is 11.9 Å². The van der Waals surface area contributed by atoms with Crippen LogP contribution in [-0.4, -0.2) is 31.5 Å². The Morgan fingerprint density at radius 3 is 2.71 bits per heavy atom. The van der Waals surface area contributed by atoms with Crippen molar-refractivity contribution in [2.75, 3.05) is 0 Å². The van der Waals surface area contributed by atoms with Crippen LogP contribution in [0.25, 0.3) is 5.82 Å². The first-order valence-electron chi connectivity index (χ1n) is 7.36. The molecule has 1 N–H and O–H groups in total. The van der Waals surface area contributed by atoms with Gasteiger partial charge in [-0.2, -0.15) is 0 Å². The number of rotatable bonds is 3. The van der Waals surface area contributed by atoms with Gasteiger partial charge in [0.2, 0.25) is 0 Å². The zero-order chi connectivity index (χ0) is 14.7. The first kappa shape index (κ1) is 13.7. The molecule has 1 amide bonds. The van der Waals surface area contributed by atoms with E-state index in [4.69, 9.17) is 0 Å². The highest BCUT2D eigenvalue weighted by atomic mass is 16.1. The first-order valence-corrected chi connectivity index (χ1v) is 7.36. The van der Waals surface area contributed by atoms with Gasteiger partial charge in [-0.05, 0) is 19.8 Å². The van der Waals surface area contributed by atoms with E-state index in [0.29, 0.717) is 11.5 Å². The standard InChI is InChI=1S/C15H19N5O/c1-11-7-17-10-20(11)14-9-16-8-13(19-14)15(21)18-12-5-3-2-4-6-12/h7-10,12H,2-6H2,1H3,(H,18,21). The van der Waals surface area contributed by atoms with Crippen molar-refractivity contribution in [1.29, 1.82) is 0 Å². The van der Waals surface area contributed by atoms with Gasteiger partial charge in [0.05, 0.1) is 12.4 Å². The lowest BCUT2D eigenvalue weighted by Crippen LogP contribution is -2.36. The monoisotopic (exact) mass is 285 g/mol. The van der Waals surface area contributed by atoms with E-state index in [0.717, 1.165) is 18.5 Å². The lowest BCUT2D eigenvalue weighted by Gasteiger charge is -2.22. The van der Waals surface area contributed by atoms with Crippen molar-refractivity contribution < 1.29 is 4.79 Å². The summed E-state index contributed by atoms with van der Waals surface area (Å²) in [5.41, 5.74) is 1.31. The summed E-state index contributed by atoms with van der Waals surface area (Å²) in [5, 5.41) is 3.06. The topological polar surface area (TPSA) is 72.7 Å². The summed E-state index contributed by atoms with van der Waals surface area (Å²) in [6.07, 6.45) is 12.3. The number of carbonyl (C=O) groups is 1. The van der Waals surface area contributed by atoms with Crippen LogP contribution in [0.1, 0.15) is 48.3 Å². The Hall–Kier alpha value is -2.24. The Kier molecular flexibility index (Phi) is 3.94. The number of aromatic nitrogens is 4. The number of aryl methyl sites for hydroxylation is 1. The van der Waals surface area contributed by atoms with Gasteiger partial charge in [-0.1, -0.05) is 19.3 Å². The van der Waals surface area contributed by atoms with Crippen LogP contribution in [0.5, 0.6) is 0 Å². The van der Waals surface area contributed by atoms with Gasteiger partial charge < -0.3 is 5.32 Å². The molecule has 0 aliphatic heterocycles. The normalized spacial score (nSPS) is 15.9. The molecule has 0 aromatic carbocycles. The van der Waals surface area contributed by atoms with Crippen LogP contribution in [0, 0.1) is 6.92 Å². The van der Waals surface area contributed by atoms with Gasteiger partial charge >= 0.3 is 0 Å². The van der Waals surface area contributed by atoms with Gasteiger partial charge in [-0.3, -0.25) is 14.3 Å². The highest BCUT2D eigenvalue weighted by Crippen LogP contribution is 2.17. The molecular formula is C15H19N5O. The number of amides is 1. The van der Waals surface area contributed by atoms with E-state index in [9.17, 15) is 4.79 Å². The predicted molar refractivity (Wildman–Crippen MR) is 78.2 cm³/mol. The van der Waals surface area contributed by atoms with Gasteiger partial charge in [0.25, 0.3) is 5.91 Å². The highest BCUT2D eigenvalue weighted by molar-refractivity contribution is 5.92. The molecule has 2 aromatic heterocycles. The quantitative estimate of drug-likeness (QED) is 0.936. The maximum absolute atomic E-state index is 12.3. The summed E-state index contributed by atoms with van der Waals surface area (Å²) >= 11 is 0. The van der Waals surface area contributed by atoms with Gasteiger partial charge in [-0.15, -0.1) is 0 Å². The number of hydrogen-bond acceptors (Lipinski definition) is 4. The van der Waals surface area contributed by atoms with Gasteiger partial charge in [0, 0.05) is 17.9 Å². The average molecular weight is 285 g/mol. The molecular weight excluding hydrogens is 266 g/mol. The molecule has 6 nitrogen and oxygen atoms in total. The van der Waals surface area contributed by atoms with Gasteiger partial charge in [-0.25, -0.2) is 9.97 Å². The maximum atomic E-state index is 12.3.